The second kappa shape index (κ2) is 3.77. The van der Waals surface area contributed by atoms with E-state index in [1.54, 1.807) is 0 Å². The average molecular weight is 199 g/mol. The van der Waals surface area contributed by atoms with Gasteiger partial charge in [-0.05, 0) is 5.92 Å². The van der Waals surface area contributed by atoms with Gasteiger partial charge in [0.05, 0.1) is 0 Å². The van der Waals surface area contributed by atoms with Gasteiger partial charge in [0, 0.05) is 0 Å². The van der Waals surface area contributed by atoms with Gasteiger partial charge in [-0.2, -0.15) is 0 Å². The van der Waals surface area contributed by atoms with Gasteiger partial charge < -0.3 is 0 Å². The van der Waals surface area contributed by atoms with Gasteiger partial charge in [-0.15, -0.1) is 46.8 Å². The van der Waals surface area contributed by atoms with E-state index in [2.05, 4.69) is 58.0 Å². The molecule has 2 rings (SSSR count). The molecule has 0 aliphatic heterocycles. The fraction of sp³-hybridized carbons (Fsp3) is 0.400. The first-order chi connectivity index (χ1) is 7.11. The van der Waals surface area contributed by atoms with Crippen LogP contribution in [0, 0.1) is 0 Å². The van der Waals surface area contributed by atoms with Crippen molar-refractivity contribution in [2.45, 2.75) is 39.5 Å². The summed E-state index contributed by atoms with van der Waals surface area (Å²) < 4.78 is 0. The van der Waals surface area contributed by atoms with Crippen LogP contribution in [0.15, 0.2) is 30.3 Å². The molecular formula is C15H19-. The van der Waals surface area contributed by atoms with E-state index in [1.807, 2.05) is 0 Å². The van der Waals surface area contributed by atoms with E-state index in [0.717, 1.165) is 0 Å². The number of hydrogen-bond acceptors (Lipinski definition) is 0. The van der Waals surface area contributed by atoms with Crippen molar-refractivity contribution >= 4 is 10.8 Å². The summed E-state index contributed by atoms with van der Waals surface area (Å²) in [6.07, 6.45) is 0. The largest absolute Gasteiger partial charge is 0.145 e. The molecule has 0 aromatic heterocycles. The maximum atomic E-state index is 2.39. The van der Waals surface area contributed by atoms with Crippen molar-refractivity contribution in [1.29, 1.82) is 0 Å². The summed E-state index contributed by atoms with van der Waals surface area (Å²) >= 11 is 0. The Morgan fingerprint density at radius 3 is 2.33 bits per heavy atom. The van der Waals surface area contributed by atoms with Crippen LogP contribution in [-0.4, -0.2) is 0 Å². The Balaban J connectivity index is 2.73. The minimum Gasteiger partial charge on any atom is -0.145 e. The smallest absolute Gasteiger partial charge is 0.0358 e. The lowest BCUT2D eigenvalue weighted by Gasteiger charge is -2.08. The first-order valence-electron chi connectivity index (χ1n) is 5.79. The quantitative estimate of drug-likeness (QED) is 0.609. The molecule has 0 amide bonds. The standard InChI is InChI=1S/C15H19/c1-10(2)14-9-15(11(3)4)13-8-6-5-7-12(13)14/h5-11H,1-4H3/q-1. The lowest BCUT2D eigenvalue weighted by molar-refractivity contribution is 0.857. The summed E-state index contributed by atoms with van der Waals surface area (Å²) in [6.45, 7) is 9.08. The van der Waals surface area contributed by atoms with Crippen LogP contribution in [0.25, 0.3) is 10.8 Å². The first kappa shape index (κ1) is 10.4. The molecule has 0 heterocycles. The molecule has 15 heavy (non-hydrogen) atoms. The maximum absolute atomic E-state index is 2.39. The highest BCUT2D eigenvalue weighted by Gasteiger charge is 2.06. The summed E-state index contributed by atoms with van der Waals surface area (Å²) in [4.78, 5) is 0. The monoisotopic (exact) mass is 199 g/mol. The van der Waals surface area contributed by atoms with Crippen molar-refractivity contribution in [3.8, 4) is 0 Å². The second-order valence-corrected chi connectivity index (χ2v) is 4.91. The Labute approximate surface area is 92.3 Å². The summed E-state index contributed by atoms with van der Waals surface area (Å²) in [5, 5.41) is 2.88. The van der Waals surface area contributed by atoms with E-state index in [1.165, 1.54) is 21.9 Å². The first-order valence-corrected chi connectivity index (χ1v) is 5.79. The van der Waals surface area contributed by atoms with Crippen molar-refractivity contribution in [3.63, 3.8) is 0 Å². The summed E-state index contributed by atoms with van der Waals surface area (Å²) in [5.74, 6) is 1.23. The highest BCUT2D eigenvalue weighted by Crippen LogP contribution is 2.34. The second-order valence-electron chi connectivity index (χ2n) is 4.91. The number of benzene rings is 1. The summed E-state index contributed by atoms with van der Waals surface area (Å²) in [7, 11) is 0. The number of rotatable bonds is 2. The lowest BCUT2D eigenvalue weighted by atomic mass is 10.0. The summed E-state index contributed by atoms with van der Waals surface area (Å²) in [6, 6.07) is 11.2. The third kappa shape index (κ3) is 1.69. The molecule has 0 saturated carbocycles. The van der Waals surface area contributed by atoms with Gasteiger partial charge in [0.25, 0.3) is 0 Å². The Hall–Kier alpha value is -1.17. The summed E-state index contributed by atoms with van der Waals surface area (Å²) in [5.41, 5.74) is 2.99. The zero-order chi connectivity index (χ0) is 11.0. The van der Waals surface area contributed by atoms with E-state index in [4.69, 9.17) is 0 Å². The van der Waals surface area contributed by atoms with E-state index < -0.39 is 0 Å². The molecule has 0 unspecified atom stereocenters. The number of hydrogen-bond donors (Lipinski definition) is 0. The molecule has 2 aromatic carbocycles. The molecule has 2 aromatic rings. The van der Waals surface area contributed by atoms with Crippen LogP contribution in [-0.2, 0) is 0 Å². The molecule has 0 atom stereocenters. The molecule has 0 bridgehead atoms. The van der Waals surface area contributed by atoms with Gasteiger partial charge in [-0.25, -0.2) is 0 Å². The molecule has 0 nitrogen and oxygen atoms in total. The molecular weight excluding hydrogens is 180 g/mol. The molecule has 0 radical (unpaired) electrons. The van der Waals surface area contributed by atoms with Crippen LogP contribution in [0.2, 0.25) is 0 Å². The molecule has 0 fully saturated rings. The lowest BCUT2D eigenvalue weighted by Crippen LogP contribution is -1.84. The van der Waals surface area contributed by atoms with E-state index in [-0.39, 0.29) is 0 Å². The molecule has 0 aliphatic rings. The van der Waals surface area contributed by atoms with Crippen molar-refractivity contribution < 1.29 is 0 Å². The highest BCUT2D eigenvalue weighted by atomic mass is 14.2. The number of fused-ring (bicyclic) bond motifs is 1. The predicted molar refractivity (Wildman–Crippen MR) is 67.7 cm³/mol. The minimum atomic E-state index is 0.613. The fourth-order valence-electron chi connectivity index (χ4n) is 2.26. The van der Waals surface area contributed by atoms with E-state index in [9.17, 15) is 0 Å². The maximum Gasteiger partial charge on any atom is -0.0358 e. The van der Waals surface area contributed by atoms with Crippen molar-refractivity contribution in [1.82, 2.24) is 0 Å². The zero-order valence-corrected chi connectivity index (χ0v) is 10.0. The van der Waals surface area contributed by atoms with Crippen LogP contribution in [0.3, 0.4) is 0 Å². The molecule has 0 N–H and O–H groups in total. The molecule has 0 heteroatoms. The normalized spacial score (nSPS) is 11.9. The van der Waals surface area contributed by atoms with Crippen LogP contribution in [0.1, 0.15) is 50.7 Å². The van der Waals surface area contributed by atoms with Gasteiger partial charge in [-0.1, -0.05) is 39.0 Å². The Morgan fingerprint density at radius 2 is 1.73 bits per heavy atom. The molecule has 80 valence electrons. The highest BCUT2D eigenvalue weighted by molar-refractivity contribution is 5.91. The van der Waals surface area contributed by atoms with Crippen LogP contribution in [0.4, 0.5) is 0 Å². The Kier molecular flexibility index (Phi) is 2.60. The van der Waals surface area contributed by atoms with Crippen molar-refractivity contribution in [2.24, 2.45) is 0 Å². The van der Waals surface area contributed by atoms with E-state index in [0.29, 0.717) is 11.8 Å². The third-order valence-electron chi connectivity index (χ3n) is 3.10. The average Bonchev–Trinajstić information content (AvgIpc) is 2.56. The van der Waals surface area contributed by atoms with Crippen LogP contribution < -0.4 is 0 Å². The van der Waals surface area contributed by atoms with Crippen molar-refractivity contribution in [2.75, 3.05) is 0 Å². The fourth-order valence-corrected chi connectivity index (χ4v) is 2.26. The zero-order valence-electron chi connectivity index (χ0n) is 10.0. The molecule has 0 aliphatic carbocycles. The van der Waals surface area contributed by atoms with Gasteiger partial charge in [-0.3, -0.25) is 0 Å². The van der Waals surface area contributed by atoms with Gasteiger partial charge >= 0.3 is 0 Å². The van der Waals surface area contributed by atoms with E-state index >= 15 is 0 Å². The van der Waals surface area contributed by atoms with Crippen LogP contribution in [0.5, 0.6) is 0 Å². The van der Waals surface area contributed by atoms with Gasteiger partial charge in [0.15, 0.2) is 0 Å². The molecule has 0 saturated heterocycles. The SMILES string of the molecule is CC(C)c1cc(C(C)C)[c-]2ccccc12. The molecule has 0 spiro atoms. The third-order valence-corrected chi connectivity index (χ3v) is 3.10. The van der Waals surface area contributed by atoms with Gasteiger partial charge in [0.2, 0.25) is 0 Å². The minimum absolute atomic E-state index is 0.613. The Morgan fingerprint density at radius 1 is 1.00 bits per heavy atom. The topological polar surface area (TPSA) is 0 Å². The van der Waals surface area contributed by atoms with Crippen molar-refractivity contribution in [3.05, 3.63) is 41.5 Å². The van der Waals surface area contributed by atoms with Crippen LogP contribution >= 0.6 is 0 Å². The predicted octanol–water partition coefficient (Wildman–Crippen LogP) is 4.81. The Bertz CT molecular complexity index is 416. The van der Waals surface area contributed by atoms with Gasteiger partial charge in [0.1, 0.15) is 0 Å².